The molecule has 0 aromatic heterocycles. The highest BCUT2D eigenvalue weighted by Crippen LogP contribution is 2.35. The molecule has 1 N–H and O–H groups in total. The van der Waals surface area contributed by atoms with Crippen molar-refractivity contribution in [3.63, 3.8) is 0 Å². The standard InChI is InChI=1S/C19H30N2/c1-21(18-8-5-14-20-15-13-18)19-11-9-17(10-12-19)16-6-3-2-4-7-16/h2-4,6-7,17-20H,5,8-15H2,1H3. The summed E-state index contributed by atoms with van der Waals surface area (Å²) in [6.07, 6.45) is 9.53. The summed E-state index contributed by atoms with van der Waals surface area (Å²) < 4.78 is 0. The Bertz CT molecular complexity index is 401. The van der Waals surface area contributed by atoms with Gasteiger partial charge in [0.05, 0.1) is 0 Å². The molecule has 1 aliphatic carbocycles. The predicted octanol–water partition coefficient (Wildman–Crippen LogP) is 3.79. The van der Waals surface area contributed by atoms with E-state index in [4.69, 9.17) is 0 Å². The number of rotatable bonds is 3. The van der Waals surface area contributed by atoms with E-state index in [1.54, 1.807) is 5.56 Å². The van der Waals surface area contributed by atoms with Crippen molar-refractivity contribution in [1.82, 2.24) is 10.2 Å². The van der Waals surface area contributed by atoms with E-state index in [1.807, 2.05) is 0 Å². The zero-order chi connectivity index (χ0) is 14.5. The van der Waals surface area contributed by atoms with Crippen LogP contribution < -0.4 is 5.32 Å². The van der Waals surface area contributed by atoms with Gasteiger partial charge >= 0.3 is 0 Å². The maximum atomic E-state index is 3.54. The molecule has 1 saturated heterocycles. The van der Waals surface area contributed by atoms with E-state index in [9.17, 15) is 0 Å². The van der Waals surface area contributed by atoms with Crippen molar-refractivity contribution >= 4 is 0 Å². The van der Waals surface area contributed by atoms with E-state index in [1.165, 1.54) is 58.0 Å². The first-order chi connectivity index (χ1) is 10.3. The molecule has 1 atom stereocenters. The first kappa shape index (κ1) is 15.1. The summed E-state index contributed by atoms with van der Waals surface area (Å²) in [6.45, 7) is 2.42. The van der Waals surface area contributed by atoms with Gasteiger partial charge in [0.15, 0.2) is 0 Å². The molecule has 2 heteroatoms. The molecule has 0 radical (unpaired) electrons. The van der Waals surface area contributed by atoms with Crippen molar-refractivity contribution in [2.75, 3.05) is 20.1 Å². The van der Waals surface area contributed by atoms with Crippen molar-refractivity contribution < 1.29 is 0 Å². The monoisotopic (exact) mass is 286 g/mol. The van der Waals surface area contributed by atoms with Crippen LogP contribution in [-0.2, 0) is 0 Å². The highest BCUT2D eigenvalue weighted by molar-refractivity contribution is 5.20. The SMILES string of the molecule is CN(C1CCCNCC1)C1CCC(c2ccccc2)CC1. The van der Waals surface area contributed by atoms with Crippen LogP contribution in [0.3, 0.4) is 0 Å². The molecular weight excluding hydrogens is 256 g/mol. The van der Waals surface area contributed by atoms with Crippen molar-refractivity contribution in [2.45, 2.75) is 62.9 Å². The van der Waals surface area contributed by atoms with Crippen LogP contribution >= 0.6 is 0 Å². The normalized spacial score (nSPS) is 31.0. The van der Waals surface area contributed by atoms with Crippen molar-refractivity contribution in [1.29, 1.82) is 0 Å². The molecule has 1 aromatic rings. The molecule has 2 fully saturated rings. The van der Waals surface area contributed by atoms with Crippen LogP contribution in [0.4, 0.5) is 0 Å². The van der Waals surface area contributed by atoms with Gasteiger partial charge in [-0.2, -0.15) is 0 Å². The Kier molecular flexibility index (Phi) is 5.32. The van der Waals surface area contributed by atoms with Crippen LogP contribution in [-0.4, -0.2) is 37.1 Å². The van der Waals surface area contributed by atoms with Gasteiger partial charge in [0.1, 0.15) is 0 Å². The quantitative estimate of drug-likeness (QED) is 0.909. The summed E-state index contributed by atoms with van der Waals surface area (Å²) >= 11 is 0. The van der Waals surface area contributed by atoms with Crippen molar-refractivity contribution in [3.8, 4) is 0 Å². The molecule has 1 saturated carbocycles. The maximum Gasteiger partial charge on any atom is 0.0108 e. The summed E-state index contributed by atoms with van der Waals surface area (Å²) in [7, 11) is 2.38. The smallest absolute Gasteiger partial charge is 0.0108 e. The Labute approximate surface area is 129 Å². The van der Waals surface area contributed by atoms with E-state index in [0.717, 1.165) is 18.0 Å². The fraction of sp³-hybridized carbons (Fsp3) is 0.684. The van der Waals surface area contributed by atoms with Crippen molar-refractivity contribution in [2.24, 2.45) is 0 Å². The highest BCUT2D eigenvalue weighted by Gasteiger charge is 2.28. The number of benzene rings is 1. The van der Waals surface area contributed by atoms with Gasteiger partial charge < -0.3 is 10.2 Å². The molecule has 2 nitrogen and oxygen atoms in total. The lowest BCUT2D eigenvalue weighted by atomic mass is 9.81. The third-order valence-electron chi connectivity index (χ3n) is 5.66. The van der Waals surface area contributed by atoms with Crippen molar-refractivity contribution in [3.05, 3.63) is 35.9 Å². The largest absolute Gasteiger partial charge is 0.317 e. The second-order valence-electron chi connectivity index (χ2n) is 6.92. The van der Waals surface area contributed by atoms with Gasteiger partial charge in [0, 0.05) is 12.1 Å². The third-order valence-corrected chi connectivity index (χ3v) is 5.66. The predicted molar refractivity (Wildman–Crippen MR) is 89.7 cm³/mol. The fourth-order valence-corrected chi connectivity index (χ4v) is 4.25. The minimum Gasteiger partial charge on any atom is -0.317 e. The molecule has 1 aliphatic heterocycles. The summed E-state index contributed by atoms with van der Waals surface area (Å²) in [5, 5.41) is 3.54. The second-order valence-corrected chi connectivity index (χ2v) is 6.92. The molecule has 116 valence electrons. The third kappa shape index (κ3) is 3.87. The molecule has 1 heterocycles. The van der Waals surface area contributed by atoms with E-state index >= 15 is 0 Å². The van der Waals surface area contributed by atoms with Gasteiger partial charge in [-0.3, -0.25) is 0 Å². The fourth-order valence-electron chi connectivity index (χ4n) is 4.25. The van der Waals surface area contributed by atoms with Crippen LogP contribution in [0.2, 0.25) is 0 Å². The van der Waals surface area contributed by atoms with Crippen LogP contribution in [0.25, 0.3) is 0 Å². The Balaban J connectivity index is 1.53. The highest BCUT2D eigenvalue weighted by atomic mass is 15.2. The lowest BCUT2D eigenvalue weighted by Gasteiger charge is -2.39. The van der Waals surface area contributed by atoms with Crippen LogP contribution in [0, 0.1) is 0 Å². The van der Waals surface area contributed by atoms with E-state index < -0.39 is 0 Å². The number of nitrogens with zero attached hydrogens (tertiary/aromatic N) is 1. The number of hydrogen-bond donors (Lipinski definition) is 1. The average molecular weight is 286 g/mol. The van der Waals surface area contributed by atoms with Gasteiger partial charge in [-0.25, -0.2) is 0 Å². The maximum absolute atomic E-state index is 3.54. The summed E-state index contributed by atoms with van der Waals surface area (Å²) in [4.78, 5) is 2.72. The Morgan fingerprint density at radius 3 is 2.33 bits per heavy atom. The minimum absolute atomic E-state index is 0.798. The Morgan fingerprint density at radius 2 is 1.57 bits per heavy atom. The molecule has 3 rings (SSSR count). The van der Waals surface area contributed by atoms with E-state index in [2.05, 4.69) is 47.6 Å². The second kappa shape index (κ2) is 7.42. The average Bonchev–Trinajstić information content (AvgIpc) is 2.84. The first-order valence-corrected chi connectivity index (χ1v) is 8.82. The van der Waals surface area contributed by atoms with E-state index in [0.29, 0.717) is 0 Å². The Morgan fingerprint density at radius 1 is 0.857 bits per heavy atom. The molecular formula is C19H30N2. The molecule has 0 spiro atoms. The van der Waals surface area contributed by atoms with Gasteiger partial charge in [-0.15, -0.1) is 0 Å². The zero-order valence-corrected chi connectivity index (χ0v) is 13.4. The lowest BCUT2D eigenvalue weighted by molar-refractivity contribution is 0.122. The molecule has 0 bridgehead atoms. The Hall–Kier alpha value is -0.860. The molecule has 21 heavy (non-hydrogen) atoms. The summed E-state index contributed by atoms with van der Waals surface area (Å²) in [5.74, 6) is 0.798. The molecule has 1 unspecified atom stereocenters. The van der Waals surface area contributed by atoms with Crippen LogP contribution in [0.1, 0.15) is 56.4 Å². The molecule has 1 aromatic carbocycles. The van der Waals surface area contributed by atoms with E-state index in [-0.39, 0.29) is 0 Å². The number of hydrogen-bond acceptors (Lipinski definition) is 2. The number of nitrogens with one attached hydrogen (secondary N) is 1. The molecule has 2 aliphatic rings. The minimum atomic E-state index is 0.798. The lowest BCUT2D eigenvalue weighted by Crippen LogP contribution is -2.42. The topological polar surface area (TPSA) is 15.3 Å². The summed E-state index contributed by atoms with van der Waals surface area (Å²) in [6, 6.07) is 12.7. The first-order valence-electron chi connectivity index (χ1n) is 8.82. The van der Waals surface area contributed by atoms with Gasteiger partial charge in [-0.1, -0.05) is 30.3 Å². The van der Waals surface area contributed by atoms with Gasteiger partial charge in [0.25, 0.3) is 0 Å². The van der Waals surface area contributed by atoms with Crippen LogP contribution in [0.5, 0.6) is 0 Å². The van der Waals surface area contributed by atoms with Crippen LogP contribution in [0.15, 0.2) is 30.3 Å². The van der Waals surface area contributed by atoms with Gasteiger partial charge in [0.2, 0.25) is 0 Å². The molecule has 0 amide bonds. The zero-order valence-electron chi connectivity index (χ0n) is 13.4. The van der Waals surface area contributed by atoms with Gasteiger partial charge in [-0.05, 0) is 76.6 Å². The summed E-state index contributed by atoms with van der Waals surface area (Å²) in [5.41, 5.74) is 1.55.